The van der Waals surface area contributed by atoms with E-state index < -0.39 is 35.5 Å². The maximum Gasteiger partial charge on any atom is 0.417 e. The van der Waals surface area contributed by atoms with Gasteiger partial charge in [-0.3, -0.25) is 9.59 Å². The first-order valence-electron chi connectivity index (χ1n) is 8.29. The average molecular weight is 358 g/mol. The van der Waals surface area contributed by atoms with E-state index in [2.05, 4.69) is 4.74 Å². The maximum atomic E-state index is 12.8. The summed E-state index contributed by atoms with van der Waals surface area (Å²) in [6, 6.07) is 8.13. The summed E-state index contributed by atoms with van der Waals surface area (Å²) < 4.78 is 10.0. The van der Waals surface area contributed by atoms with E-state index in [4.69, 9.17) is 10.00 Å². The highest BCUT2D eigenvalue weighted by Gasteiger charge is 2.46. The second-order valence-corrected chi connectivity index (χ2v) is 7.15. The topological polar surface area (TPSA) is 96.7 Å². The molecule has 7 heteroatoms. The zero-order valence-electron chi connectivity index (χ0n) is 15.3. The van der Waals surface area contributed by atoms with Crippen LogP contribution >= 0.6 is 0 Å². The van der Waals surface area contributed by atoms with Gasteiger partial charge in [0.05, 0.1) is 37.1 Å². The summed E-state index contributed by atoms with van der Waals surface area (Å²) >= 11 is 0. The smallest absolute Gasteiger partial charge is 0.417 e. The van der Waals surface area contributed by atoms with Crippen molar-refractivity contribution in [1.29, 1.82) is 5.26 Å². The molecule has 26 heavy (non-hydrogen) atoms. The van der Waals surface area contributed by atoms with Crippen molar-refractivity contribution in [3.63, 3.8) is 0 Å². The summed E-state index contributed by atoms with van der Waals surface area (Å²) in [5.74, 6) is -1.62. The molecule has 1 fully saturated rings. The van der Waals surface area contributed by atoms with Gasteiger partial charge in [0.25, 0.3) is 0 Å². The summed E-state index contributed by atoms with van der Waals surface area (Å²) in [6.45, 7) is 5.15. The van der Waals surface area contributed by atoms with E-state index in [1.165, 1.54) is 7.11 Å². The predicted molar refractivity (Wildman–Crippen MR) is 91.7 cm³/mol. The fourth-order valence-electron chi connectivity index (χ4n) is 2.87. The molecule has 0 aromatic heterocycles. The second kappa shape index (κ2) is 7.56. The Morgan fingerprint density at radius 3 is 2.38 bits per heavy atom. The zero-order chi connectivity index (χ0) is 19.5. The number of benzene rings is 1. The van der Waals surface area contributed by atoms with E-state index in [9.17, 15) is 14.4 Å². The number of esters is 1. The number of hydrogen-bond acceptors (Lipinski definition) is 6. The standard InChI is InChI=1S/C19H22N2O5/c1-19(2,3)26-18(24)21-15(13-7-5-12(11-20)6-8-13)9-14(17(21)23)10-16(22)25-4/h5-8,14-15H,9-10H2,1-4H3/t14-,15+/m1/s1. The van der Waals surface area contributed by atoms with Crippen LogP contribution < -0.4 is 0 Å². The van der Waals surface area contributed by atoms with Crippen LogP contribution in [0.25, 0.3) is 0 Å². The third kappa shape index (κ3) is 4.39. The lowest BCUT2D eigenvalue weighted by Gasteiger charge is -2.27. The van der Waals surface area contributed by atoms with Crippen LogP contribution in [0.3, 0.4) is 0 Å². The Kier molecular flexibility index (Phi) is 5.66. The van der Waals surface area contributed by atoms with Gasteiger partial charge >= 0.3 is 12.1 Å². The Morgan fingerprint density at radius 2 is 1.88 bits per heavy atom. The molecule has 0 aliphatic carbocycles. The first kappa shape index (κ1) is 19.4. The van der Waals surface area contributed by atoms with Gasteiger partial charge in [-0.25, -0.2) is 9.69 Å². The molecule has 0 bridgehead atoms. The van der Waals surface area contributed by atoms with Gasteiger partial charge in [-0.05, 0) is 44.9 Å². The molecular weight excluding hydrogens is 336 g/mol. The molecule has 138 valence electrons. The predicted octanol–water partition coefficient (Wildman–Crippen LogP) is 2.95. The van der Waals surface area contributed by atoms with Crippen molar-refractivity contribution in [2.45, 2.75) is 45.3 Å². The van der Waals surface area contributed by atoms with Gasteiger partial charge in [0.1, 0.15) is 5.60 Å². The highest BCUT2D eigenvalue weighted by atomic mass is 16.6. The number of nitrogens with zero attached hydrogens (tertiary/aromatic N) is 2. The maximum absolute atomic E-state index is 12.8. The number of ether oxygens (including phenoxy) is 2. The molecule has 1 aliphatic heterocycles. The quantitative estimate of drug-likeness (QED) is 0.771. The van der Waals surface area contributed by atoms with Gasteiger partial charge in [0.15, 0.2) is 0 Å². The van der Waals surface area contributed by atoms with Crippen molar-refractivity contribution < 1.29 is 23.9 Å². The Labute approximate surface area is 152 Å². The fourth-order valence-corrected chi connectivity index (χ4v) is 2.87. The van der Waals surface area contributed by atoms with Crippen LogP contribution in [0.1, 0.15) is 50.8 Å². The van der Waals surface area contributed by atoms with Crippen molar-refractivity contribution in [3.8, 4) is 6.07 Å². The van der Waals surface area contributed by atoms with Gasteiger partial charge in [-0.2, -0.15) is 5.26 Å². The molecule has 1 heterocycles. The van der Waals surface area contributed by atoms with E-state index in [1.54, 1.807) is 45.0 Å². The minimum atomic E-state index is -0.757. The lowest BCUT2D eigenvalue weighted by molar-refractivity contribution is -0.144. The number of amides is 2. The number of nitriles is 1. The summed E-state index contributed by atoms with van der Waals surface area (Å²) in [5, 5.41) is 8.93. The molecule has 2 atom stereocenters. The van der Waals surface area contributed by atoms with Gasteiger partial charge in [0.2, 0.25) is 5.91 Å². The number of carbonyl (C=O) groups is 3. The Hall–Kier alpha value is -2.88. The van der Waals surface area contributed by atoms with Crippen LogP contribution in [0.5, 0.6) is 0 Å². The van der Waals surface area contributed by atoms with Crippen LogP contribution in [-0.4, -0.2) is 35.6 Å². The largest absolute Gasteiger partial charge is 0.469 e. The third-order valence-electron chi connectivity index (χ3n) is 4.06. The molecule has 0 saturated carbocycles. The van der Waals surface area contributed by atoms with E-state index in [1.807, 2.05) is 6.07 Å². The van der Waals surface area contributed by atoms with Crippen molar-refractivity contribution in [2.75, 3.05) is 7.11 Å². The van der Waals surface area contributed by atoms with E-state index in [0.29, 0.717) is 17.5 Å². The van der Waals surface area contributed by atoms with Crippen molar-refractivity contribution in [1.82, 2.24) is 4.90 Å². The molecule has 1 saturated heterocycles. The number of rotatable bonds is 3. The molecule has 0 unspecified atom stereocenters. The molecule has 0 radical (unpaired) electrons. The highest BCUT2D eigenvalue weighted by Crippen LogP contribution is 2.39. The number of imide groups is 1. The summed E-state index contributed by atoms with van der Waals surface area (Å²) in [4.78, 5) is 38.0. The first-order chi connectivity index (χ1) is 12.2. The molecule has 7 nitrogen and oxygen atoms in total. The fraction of sp³-hybridized carbons (Fsp3) is 0.474. The Morgan fingerprint density at radius 1 is 1.27 bits per heavy atom. The van der Waals surface area contributed by atoms with Gasteiger partial charge in [-0.15, -0.1) is 0 Å². The third-order valence-corrected chi connectivity index (χ3v) is 4.06. The van der Waals surface area contributed by atoms with Crippen LogP contribution in [0.4, 0.5) is 4.79 Å². The van der Waals surface area contributed by atoms with E-state index in [0.717, 1.165) is 4.90 Å². The minimum absolute atomic E-state index is 0.0958. The van der Waals surface area contributed by atoms with Crippen LogP contribution in [0.2, 0.25) is 0 Å². The molecule has 0 N–H and O–H groups in total. The molecule has 2 amide bonds. The van der Waals surface area contributed by atoms with Crippen LogP contribution in [0.15, 0.2) is 24.3 Å². The van der Waals surface area contributed by atoms with E-state index in [-0.39, 0.29) is 6.42 Å². The summed E-state index contributed by atoms with van der Waals surface area (Å²) in [7, 11) is 1.26. The molecule has 0 spiro atoms. The van der Waals surface area contributed by atoms with Crippen molar-refractivity contribution in [3.05, 3.63) is 35.4 Å². The summed E-state index contributed by atoms with van der Waals surface area (Å²) in [5.41, 5.74) is 0.427. The van der Waals surface area contributed by atoms with Gasteiger partial charge < -0.3 is 9.47 Å². The van der Waals surface area contributed by atoms with Crippen LogP contribution in [0, 0.1) is 17.2 Å². The molecule has 1 aromatic rings. The zero-order valence-corrected chi connectivity index (χ0v) is 15.3. The van der Waals surface area contributed by atoms with Crippen molar-refractivity contribution in [2.24, 2.45) is 5.92 Å². The molecule has 1 aliphatic rings. The average Bonchev–Trinajstić information content (AvgIpc) is 2.90. The SMILES string of the molecule is COC(=O)C[C@H]1C[C@@H](c2ccc(C#N)cc2)N(C(=O)OC(C)(C)C)C1=O. The van der Waals surface area contributed by atoms with Crippen molar-refractivity contribution >= 4 is 18.0 Å². The van der Waals surface area contributed by atoms with E-state index >= 15 is 0 Å². The minimum Gasteiger partial charge on any atom is -0.469 e. The molecule has 1 aromatic carbocycles. The first-order valence-corrected chi connectivity index (χ1v) is 8.29. The summed E-state index contributed by atoms with van der Waals surface area (Å²) in [6.07, 6.45) is -0.551. The van der Waals surface area contributed by atoms with Gasteiger partial charge in [-0.1, -0.05) is 12.1 Å². The number of hydrogen-bond donors (Lipinski definition) is 0. The monoisotopic (exact) mass is 358 g/mol. The number of likely N-dealkylation sites (tertiary alicyclic amines) is 1. The number of carbonyl (C=O) groups excluding carboxylic acids is 3. The lowest BCUT2D eigenvalue weighted by atomic mass is 9.97. The molecule has 2 rings (SSSR count). The normalized spacial score (nSPS) is 19.8. The lowest BCUT2D eigenvalue weighted by Crippen LogP contribution is -2.40. The van der Waals surface area contributed by atoms with Crippen LogP contribution in [-0.2, 0) is 19.1 Å². The molecular formula is C19H22N2O5. The second-order valence-electron chi connectivity index (χ2n) is 7.15. The Balaban J connectivity index is 2.34. The Bertz CT molecular complexity index is 743. The number of methoxy groups -OCH3 is 1. The van der Waals surface area contributed by atoms with Gasteiger partial charge in [0, 0.05) is 0 Å². The highest BCUT2D eigenvalue weighted by molar-refractivity contribution is 5.97.